The molecule has 6 heteroatoms. The van der Waals surface area contributed by atoms with Gasteiger partial charge in [0, 0.05) is 25.3 Å². The van der Waals surface area contributed by atoms with Gasteiger partial charge >= 0.3 is 0 Å². The molecule has 0 aliphatic heterocycles. The van der Waals surface area contributed by atoms with Crippen LogP contribution in [0.4, 0.5) is 0 Å². The van der Waals surface area contributed by atoms with Gasteiger partial charge in [-0.1, -0.05) is 24.3 Å². The topological polar surface area (TPSA) is 54.2 Å². The number of nitrogens with one attached hydrogen (secondary N) is 2. The number of hydrogen-bond acceptors (Lipinski definition) is 2. The third kappa shape index (κ3) is 6.00. The summed E-state index contributed by atoms with van der Waals surface area (Å²) in [5, 5.41) is 11.4. The number of aryl methyl sites for hydroxylation is 3. The lowest BCUT2D eigenvalue weighted by Crippen LogP contribution is -2.43. The fourth-order valence-electron chi connectivity index (χ4n) is 2.98. The van der Waals surface area contributed by atoms with Gasteiger partial charge in [0.15, 0.2) is 5.96 Å². The molecule has 26 heavy (non-hydrogen) atoms. The highest BCUT2D eigenvalue weighted by Gasteiger charge is 2.14. The van der Waals surface area contributed by atoms with E-state index in [0.29, 0.717) is 6.54 Å². The molecule has 2 aromatic rings. The summed E-state index contributed by atoms with van der Waals surface area (Å²) in [7, 11) is 2.00. The number of rotatable bonds is 6. The summed E-state index contributed by atoms with van der Waals surface area (Å²) in [5.41, 5.74) is 6.18. The van der Waals surface area contributed by atoms with Crippen molar-refractivity contribution in [2.75, 3.05) is 6.54 Å². The van der Waals surface area contributed by atoms with Crippen LogP contribution in [0, 0.1) is 20.8 Å². The Morgan fingerprint density at radius 1 is 1.23 bits per heavy atom. The molecule has 1 atom stereocenters. The van der Waals surface area contributed by atoms with Gasteiger partial charge in [-0.25, -0.2) is 4.99 Å². The maximum Gasteiger partial charge on any atom is 0.191 e. The highest BCUT2D eigenvalue weighted by molar-refractivity contribution is 14.0. The van der Waals surface area contributed by atoms with Gasteiger partial charge in [0.2, 0.25) is 0 Å². The first kappa shape index (κ1) is 22.5. The van der Waals surface area contributed by atoms with Crippen LogP contribution >= 0.6 is 24.0 Å². The van der Waals surface area contributed by atoms with E-state index >= 15 is 0 Å². The second-order valence-electron chi connectivity index (χ2n) is 6.64. The van der Waals surface area contributed by atoms with Crippen molar-refractivity contribution in [3.8, 4) is 0 Å². The molecule has 2 rings (SSSR count). The van der Waals surface area contributed by atoms with E-state index in [1.165, 1.54) is 22.4 Å². The summed E-state index contributed by atoms with van der Waals surface area (Å²) >= 11 is 0. The molecule has 0 aliphatic rings. The predicted octanol–water partition coefficient (Wildman–Crippen LogP) is 3.65. The van der Waals surface area contributed by atoms with Gasteiger partial charge in [0.1, 0.15) is 0 Å². The minimum Gasteiger partial charge on any atom is -0.357 e. The molecule has 1 aromatic heterocycles. The fourth-order valence-corrected chi connectivity index (χ4v) is 2.98. The molecule has 0 spiro atoms. The van der Waals surface area contributed by atoms with Crippen molar-refractivity contribution in [2.45, 2.75) is 53.6 Å². The van der Waals surface area contributed by atoms with Crippen molar-refractivity contribution < 1.29 is 0 Å². The normalized spacial score (nSPS) is 12.5. The molecule has 1 aromatic carbocycles. The van der Waals surface area contributed by atoms with Crippen molar-refractivity contribution in [1.29, 1.82) is 0 Å². The molecule has 2 N–H and O–H groups in total. The Bertz CT molecular complexity index is 736. The van der Waals surface area contributed by atoms with E-state index in [2.05, 4.69) is 74.6 Å². The van der Waals surface area contributed by atoms with Gasteiger partial charge in [-0.2, -0.15) is 5.10 Å². The summed E-state index contributed by atoms with van der Waals surface area (Å²) in [6.07, 6.45) is 0.931. The maximum absolute atomic E-state index is 4.75. The van der Waals surface area contributed by atoms with Crippen LogP contribution in [-0.2, 0) is 20.0 Å². The molecule has 0 radical (unpaired) electrons. The average Bonchev–Trinajstić information content (AvgIpc) is 2.80. The lowest BCUT2D eigenvalue weighted by Gasteiger charge is -2.18. The average molecular weight is 469 g/mol. The van der Waals surface area contributed by atoms with Gasteiger partial charge in [0.25, 0.3) is 0 Å². The van der Waals surface area contributed by atoms with Crippen molar-refractivity contribution in [3.05, 3.63) is 52.3 Å². The first-order valence-corrected chi connectivity index (χ1v) is 9.00. The second-order valence-corrected chi connectivity index (χ2v) is 6.64. The molecule has 1 heterocycles. The smallest absolute Gasteiger partial charge is 0.191 e. The quantitative estimate of drug-likeness (QED) is 0.386. The van der Waals surface area contributed by atoms with Crippen LogP contribution in [0.3, 0.4) is 0 Å². The van der Waals surface area contributed by atoms with E-state index in [-0.39, 0.29) is 30.0 Å². The fraction of sp³-hybridized carbons (Fsp3) is 0.500. The Morgan fingerprint density at radius 2 is 1.92 bits per heavy atom. The first-order chi connectivity index (χ1) is 11.9. The highest BCUT2D eigenvalue weighted by Crippen LogP contribution is 2.14. The van der Waals surface area contributed by atoms with Gasteiger partial charge in [0.05, 0.1) is 12.2 Å². The van der Waals surface area contributed by atoms with Crippen LogP contribution in [0.2, 0.25) is 0 Å². The highest BCUT2D eigenvalue weighted by atomic mass is 127. The zero-order valence-electron chi connectivity index (χ0n) is 16.8. The number of guanidine groups is 1. The Kier molecular flexibility index (Phi) is 9.12. The SMILES string of the molecule is CCNC(=NCc1ccccc1C)NC(C)Cc1c(C)nn(C)c1C.I. The van der Waals surface area contributed by atoms with Gasteiger partial charge in [-0.3, -0.25) is 4.68 Å². The van der Waals surface area contributed by atoms with Crippen LogP contribution in [0.15, 0.2) is 29.3 Å². The molecule has 0 amide bonds. The Hall–Kier alpha value is -1.57. The number of aromatic nitrogens is 2. The number of halogens is 1. The summed E-state index contributed by atoms with van der Waals surface area (Å²) < 4.78 is 1.95. The number of benzene rings is 1. The summed E-state index contributed by atoms with van der Waals surface area (Å²) in [5.74, 6) is 0.859. The van der Waals surface area contributed by atoms with E-state index in [1.54, 1.807) is 0 Å². The molecule has 0 fully saturated rings. The van der Waals surface area contributed by atoms with Crippen molar-refractivity contribution in [3.63, 3.8) is 0 Å². The lowest BCUT2D eigenvalue weighted by atomic mass is 10.1. The number of aliphatic imine (C=N–C) groups is 1. The summed E-state index contributed by atoms with van der Waals surface area (Å²) in [4.78, 5) is 4.75. The monoisotopic (exact) mass is 469 g/mol. The summed E-state index contributed by atoms with van der Waals surface area (Å²) in [6.45, 7) is 12.1. The lowest BCUT2D eigenvalue weighted by molar-refractivity contribution is 0.635. The predicted molar refractivity (Wildman–Crippen MR) is 120 cm³/mol. The summed E-state index contributed by atoms with van der Waals surface area (Å²) in [6, 6.07) is 8.66. The third-order valence-electron chi connectivity index (χ3n) is 4.57. The zero-order chi connectivity index (χ0) is 18.4. The van der Waals surface area contributed by atoms with Gasteiger partial charge in [-0.15, -0.1) is 24.0 Å². The molecular formula is C20H32IN5. The molecule has 1 unspecified atom stereocenters. The Labute approximate surface area is 174 Å². The Morgan fingerprint density at radius 3 is 2.50 bits per heavy atom. The first-order valence-electron chi connectivity index (χ1n) is 9.00. The number of nitrogens with zero attached hydrogens (tertiary/aromatic N) is 3. The van der Waals surface area contributed by atoms with E-state index in [4.69, 9.17) is 4.99 Å². The van der Waals surface area contributed by atoms with E-state index in [9.17, 15) is 0 Å². The van der Waals surface area contributed by atoms with Crippen LogP contribution in [0.25, 0.3) is 0 Å². The molecular weight excluding hydrogens is 437 g/mol. The zero-order valence-corrected chi connectivity index (χ0v) is 19.1. The van der Waals surface area contributed by atoms with E-state index < -0.39 is 0 Å². The molecule has 5 nitrogen and oxygen atoms in total. The van der Waals surface area contributed by atoms with Crippen LogP contribution in [0.1, 0.15) is 41.9 Å². The van der Waals surface area contributed by atoms with Crippen molar-refractivity contribution in [1.82, 2.24) is 20.4 Å². The number of hydrogen-bond donors (Lipinski definition) is 2. The van der Waals surface area contributed by atoms with Crippen LogP contribution in [0.5, 0.6) is 0 Å². The van der Waals surface area contributed by atoms with E-state index in [0.717, 1.165) is 24.6 Å². The molecule has 0 saturated carbocycles. The standard InChI is InChI=1S/C20H31N5.HI/c1-7-21-20(22-13-18-11-9-8-10-14(18)2)23-15(3)12-19-16(4)24-25(6)17(19)5;/h8-11,15H,7,12-13H2,1-6H3,(H2,21,22,23);1H. The van der Waals surface area contributed by atoms with E-state index in [1.807, 2.05) is 11.7 Å². The minimum absolute atomic E-state index is 0. The third-order valence-corrected chi connectivity index (χ3v) is 4.57. The molecule has 0 bridgehead atoms. The van der Waals surface area contributed by atoms with Gasteiger partial charge < -0.3 is 10.6 Å². The molecule has 144 valence electrons. The van der Waals surface area contributed by atoms with Crippen molar-refractivity contribution in [2.24, 2.45) is 12.0 Å². The largest absolute Gasteiger partial charge is 0.357 e. The molecule has 0 saturated heterocycles. The van der Waals surface area contributed by atoms with Gasteiger partial charge in [-0.05, 0) is 57.7 Å². The van der Waals surface area contributed by atoms with Crippen LogP contribution < -0.4 is 10.6 Å². The molecule has 0 aliphatic carbocycles. The van der Waals surface area contributed by atoms with Crippen molar-refractivity contribution >= 4 is 29.9 Å². The maximum atomic E-state index is 4.75. The minimum atomic E-state index is 0. The second kappa shape index (κ2) is 10.5. The Balaban J connectivity index is 0.00000338. The van der Waals surface area contributed by atoms with Crippen LogP contribution in [-0.4, -0.2) is 28.3 Å².